The van der Waals surface area contributed by atoms with Crippen LogP contribution in [-0.2, 0) is 9.59 Å². The zero-order valence-corrected chi connectivity index (χ0v) is 16.4. The fourth-order valence-corrected chi connectivity index (χ4v) is 3.62. The SMILES string of the molecule is COc1cccc(OC)c1/C(O)=C1\C(=O)C(=O)N(c2ccccc2)C1c1ccco1. The van der Waals surface area contributed by atoms with Crippen molar-refractivity contribution in [2.75, 3.05) is 19.1 Å². The summed E-state index contributed by atoms with van der Waals surface area (Å²) in [6.07, 6.45) is 1.45. The van der Waals surface area contributed by atoms with Crippen molar-refractivity contribution >= 4 is 23.1 Å². The fourth-order valence-electron chi connectivity index (χ4n) is 3.62. The van der Waals surface area contributed by atoms with E-state index in [4.69, 9.17) is 13.9 Å². The highest BCUT2D eigenvalue weighted by molar-refractivity contribution is 6.51. The van der Waals surface area contributed by atoms with Crippen LogP contribution in [0.1, 0.15) is 17.4 Å². The third-order valence-corrected chi connectivity index (χ3v) is 4.96. The molecule has 1 atom stereocenters. The molecule has 0 spiro atoms. The number of carbonyl (C=O) groups is 2. The third-order valence-electron chi connectivity index (χ3n) is 4.96. The molecule has 1 aliphatic heterocycles. The molecule has 0 radical (unpaired) electrons. The molecule has 4 rings (SSSR count). The molecule has 0 saturated carbocycles. The Balaban J connectivity index is 1.99. The van der Waals surface area contributed by atoms with Crippen molar-refractivity contribution in [3.8, 4) is 11.5 Å². The van der Waals surface area contributed by atoms with Gasteiger partial charge in [0, 0.05) is 5.69 Å². The lowest BCUT2D eigenvalue weighted by molar-refractivity contribution is -0.132. The summed E-state index contributed by atoms with van der Waals surface area (Å²) in [6, 6.07) is 16.1. The van der Waals surface area contributed by atoms with Crippen molar-refractivity contribution in [1.29, 1.82) is 0 Å². The standard InChI is InChI=1S/C23H19NO6/c1-28-15-10-6-11-16(29-2)18(15)21(25)19-20(17-12-7-13-30-17)24(23(27)22(19)26)14-8-4-3-5-9-14/h3-13,20,25H,1-2H3/b21-19+. The van der Waals surface area contributed by atoms with Gasteiger partial charge in [0.25, 0.3) is 11.7 Å². The lowest BCUT2D eigenvalue weighted by Gasteiger charge is -2.23. The minimum atomic E-state index is -0.947. The minimum Gasteiger partial charge on any atom is -0.506 e. The van der Waals surface area contributed by atoms with E-state index in [1.807, 2.05) is 6.07 Å². The molecule has 2 aromatic carbocycles. The molecule has 1 fully saturated rings. The van der Waals surface area contributed by atoms with E-state index >= 15 is 0 Å². The van der Waals surface area contributed by atoms with Crippen molar-refractivity contribution in [1.82, 2.24) is 0 Å². The summed E-state index contributed by atoms with van der Waals surface area (Å²) in [4.78, 5) is 27.4. The lowest BCUT2D eigenvalue weighted by atomic mass is 9.98. The highest BCUT2D eigenvalue weighted by atomic mass is 16.5. The quantitative estimate of drug-likeness (QED) is 0.393. The zero-order chi connectivity index (χ0) is 21.3. The lowest BCUT2D eigenvalue weighted by Crippen LogP contribution is -2.29. The Hall–Kier alpha value is -4.00. The topological polar surface area (TPSA) is 89.2 Å². The minimum absolute atomic E-state index is 0.110. The summed E-state index contributed by atoms with van der Waals surface area (Å²) >= 11 is 0. The van der Waals surface area contributed by atoms with Gasteiger partial charge in [-0.1, -0.05) is 24.3 Å². The summed E-state index contributed by atoms with van der Waals surface area (Å²) in [5, 5.41) is 11.2. The second kappa shape index (κ2) is 7.79. The van der Waals surface area contributed by atoms with Crippen LogP contribution in [0.5, 0.6) is 11.5 Å². The van der Waals surface area contributed by atoms with Crippen LogP contribution in [-0.4, -0.2) is 31.0 Å². The van der Waals surface area contributed by atoms with Crippen molar-refractivity contribution in [3.63, 3.8) is 0 Å². The summed E-state index contributed by atoms with van der Waals surface area (Å²) in [6.45, 7) is 0. The number of hydrogen-bond donors (Lipinski definition) is 1. The molecule has 30 heavy (non-hydrogen) atoms. The number of aliphatic hydroxyl groups excluding tert-OH is 1. The average molecular weight is 405 g/mol. The van der Waals surface area contributed by atoms with E-state index in [1.165, 1.54) is 25.4 Å². The maximum Gasteiger partial charge on any atom is 0.300 e. The van der Waals surface area contributed by atoms with Gasteiger partial charge in [-0.3, -0.25) is 14.5 Å². The molecular formula is C23H19NO6. The number of hydrogen-bond acceptors (Lipinski definition) is 6. The van der Waals surface area contributed by atoms with Crippen LogP contribution in [0.25, 0.3) is 5.76 Å². The van der Waals surface area contributed by atoms with Crippen molar-refractivity contribution in [2.24, 2.45) is 0 Å². The first kappa shape index (κ1) is 19.3. The van der Waals surface area contributed by atoms with Gasteiger partial charge in [-0.05, 0) is 36.4 Å². The molecule has 152 valence electrons. The van der Waals surface area contributed by atoms with E-state index < -0.39 is 23.5 Å². The number of aliphatic hydroxyl groups is 1. The number of carbonyl (C=O) groups excluding carboxylic acids is 2. The molecule has 0 bridgehead atoms. The highest BCUT2D eigenvalue weighted by Crippen LogP contribution is 2.45. The van der Waals surface area contributed by atoms with Crippen LogP contribution in [0.4, 0.5) is 5.69 Å². The zero-order valence-electron chi connectivity index (χ0n) is 16.4. The van der Waals surface area contributed by atoms with E-state index in [1.54, 1.807) is 54.6 Å². The molecule has 1 saturated heterocycles. The van der Waals surface area contributed by atoms with Gasteiger partial charge in [-0.15, -0.1) is 0 Å². The summed E-state index contributed by atoms with van der Waals surface area (Å²) in [5.74, 6) is -1.05. The van der Waals surface area contributed by atoms with Crippen LogP contribution in [0.15, 0.2) is 76.9 Å². The van der Waals surface area contributed by atoms with E-state index in [2.05, 4.69) is 0 Å². The second-order valence-corrected chi connectivity index (χ2v) is 6.56. The van der Waals surface area contributed by atoms with Crippen LogP contribution in [0, 0.1) is 0 Å². The largest absolute Gasteiger partial charge is 0.506 e. The maximum atomic E-state index is 13.1. The van der Waals surface area contributed by atoms with Crippen LogP contribution < -0.4 is 14.4 Å². The van der Waals surface area contributed by atoms with Gasteiger partial charge >= 0.3 is 0 Å². The number of nitrogens with zero attached hydrogens (tertiary/aromatic N) is 1. The third kappa shape index (κ3) is 3.00. The number of ketones is 1. The Morgan fingerprint density at radius 2 is 1.60 bits per heavy atom. The molecule has 7 nitrogen and oxygen atoms in total. The van der Waals surface area contributed by atoms with E-state index in [0.29, 0.717) is 22.9 Å². The number of furan rings is 1. The van der Waals surface area contributed by atoms with Crippen molar-refractivity contribution < 1.29 is 28.6 Å². The Morgan fingerprint density at radius 3 is 2.17 bits per heavy atom. The van der Waals surface area contributed by atoms with Crippen LogP contribution in [0.3, 0.4) is 0 Å². The summed E-state index contributed by atoms with van der Waals surface area (Å²) in [5.41, 5.74) is 0.582. The van der Waals surface area contributed by atoms with Gasteiger partial charge in [-0.2, -0.15) is 0 Å². The monoisotopic (exact) mass is 405 g/mol. The van der Waals surface area contributed by atoms with Gasteiger partial charge in [0.05, 0.1) is 26.1 Å². The molecule has 0 aliphatic carbocycles. The predicted octanol–water partition coefficient (Wildman–Crippen LogP) is 3.92. The van der Waals surface area contributed by atoms with E-state index in [0.717, 1.165) is 0 Å². The predicted molar refractivity (Wildman–Crippen MR) is 109 cm³/mol. The number of methoxy groups -OCH3 is 2. The summed E-state index contributed by atoms with van der Waals surface area (Å²) in [7, 11) is 2.89. The number of benzene rings is 2. The van der Waals surface area contributed by atoms with Gasteiger partial charge in [0.2, 0.25) is 0 Å². The Kier molecular flexibility index (Phi) is 5.02. The fraction of sp³-hybridized carbons (Fsp3) is 0.130. The number of para-hydroxylation sites is 1. The molecular weight excluding hydrogens is 386 g/mol. The first-order chi connectivity index (χ1) is 14.6. The molecule has 1 aromatic heterocycles. The average Bonchev–Trinajstić information content (AvgIpc) is 3.40. The Labute approximate surface area is 172 Å². The Morgan fingerprint density at radius 1 is 0.933 bits per heavy atom. The van der Waals surface area contributed by atoms with E-state index in [-0.39, 0.29) is 11.1 Å². The number of Topliss-reactive ketones (excluding diaryl/α,β-unsaturated/α-hetero) is 1. The normalized spacial score (nSPS) is 17.9. The molecule has 3 aromatic rings. The Bertz CT molecular complexity index is 1100. The first-order valence-corrected chi connectivity index (χ1v) is 9.19. The molecule has 1 aliphatic rings. The maximum absolute atomic E-state index is 13.1. The van der Waals surface area contributed by atoms with Gasteiger partial charge in [-0.25, -0.2) is 0 Å². The van der Waals surface area contributed by atoms with Crippen molar-refractivity contribution in [2.45, 2.75) is 6.04 Å². The van der Waals surface area contributed by atoms with Crippen molar-refractivity contribution in [3.05, 3.63) is 83.8 Å². The second-order valence-electron chi connectivity index (χ2n) is 6.56. The van der Waals surface area contributed by atoms with Crippen LogP contribution >= 0.6 is 0 Å². The highest BCUT2D eigenvalue weighted by Gasteiger charge is 2.48. The van der Waals surface area contributed by atoms with E-state index in [9.17, 15) is 14.7 Å². The smallest absolute Gasteiger partial charge is 0.300 e. The summed E-state index contributed by atoms with van der Waals surface area (Å²) < 4.78 is 16.3. The number of amides is 1. The molecule has 1 unspecified atom stereocenters. The van der Waals surface area contributed by atoms with Gasteiger partial charge in [0.15, 0.2) is 0 Å². The first-order valence-electron chi connectivity index (χ1n) is 9.19. The number of rotatable bonds is 5. The van der Waals surface area contributed by atoms with Crippen LogP contribution in [0.2, 0.25) is 0 Å². The van der Waals surface area contributed by atoms with Gasteiger partial charge in [0.1, 0.15) is 34.6 Å². The number of ether oxygens (including phenoxy) is 2. The molecule has 2 heterocycles. The molecule has 1 N–H and O–H groups in total. The molecule has 1 amide bonds. The molecule has 7 heteroatoms. The number of anilines is 1. The van der Waals surface area contributed by atoms with Gasteiger partial charge < -0.3 is 19.0 Å².